The number of nitrogens with zero attached hydrogens (tertiary/aromatic N) is 1. The highest BCUT2D eigenvalue weighted by Gasteiger charge is 2.39. The van der Waals surface area contributed by atoms with Gasteiger partial charge in [0.05, 0.1) is 0 Å². The number of imide groups is 1. The van der Waals surface area contributed by atoms with Crippen molar-refractivity contribution in [2.75, 3.05) is 5.32 Å². The van der Waals surface area contributed by atoms with Crippen molar-refractivity contribution in [2.45, 2.75) is 38.4 Å². The molecule has 2 N–H and O–H groups in total. The van der Waals surface area contributed by atoms with Crippen LogP contribution in [-0.4, -0.2) is 41.1 Å². The number of fused-ring (bicyclic) bond motifs is 1. The maximum atomic E-state index is 13.5. The first-order valence-electron chi connectivity index (χ1n) is 10.3. The molecular formula is C22H17F4N3O6. The number of benzene rings is 2. The number of alkyl halides is 3. The van der Waals surface area contributed by atoms with E-state index >= 15 is 0 Å². The van der Waals surface area contributed by atoms with Crippen LogP contribution in [0.4, 0.5) is 28.0 Å². The van der Waals surface area contributed by atoms with E-state index in [1.54, 1.807) is 12.1 Å². The number of carbonyl (C=O) groups is 4. The van der Waals surface area contributed by atoms with Crippen molar-refractivity contribution in [1.82, 2.24) is 10.2 Å². The van der Waals surface area contributed by atoms with E-state index in [1.807, 2.05) is 0 Å². The quantitative estimate of drug-likeness (QED) is 0.487. The van der Waals surface area contributed by atoms with E-state index in [1.165, 1.54) is 11.0 Å². The number of rotatable bonds is 5. The Kier molecular flexibility index (Phi) is 6.33. The molecular weight excluding hydrogens is 478 g/mol. The van der Waals surface area contributed by atoms with Crippen LogP contribution in [0.15, 0.2) is 36.4 Å². The number of halogens is 4. The van der Waals surface area contributed by atoms with Gasteiger partial charge in [0.25, 0.3) is 5.91 Å². The Labute approximate surface area is 195 Å². The van der Waals surface area contributed by atoms with Crippen molar-refractivity contribution in [3.63, 3.8) is 0 Å². The maximum Gasteiger partial charge on any atom is 0.573 e. The minimum absolute atomic E-state index is 0.128. The van der Waals surface area contributed by atoms with Gasteiger partial charge in [0.2, 0.25) is 11.8 Å². The van der Waals surface area contributed by atoms with Crippen molar-refractivity contribution >= 4 is 29.5 Å². The topological polar surface area (TPSA) is 114 Å². The van der Waals surface area contributed by atoms with Crippen LogP contribution in [0.5, 0.6) is 5.75 Å². The fourth-order valence-corrected chi connectivity index (χ4v) is 3.78. The molecule has 4 amide bonds. The van der Waals surface area contributed by atoms with Gasteiger partial charge in [-0.3, -0.25) is 25.0 Å². The molecule has 4 rings (SSSR count). The summed E-state index contributed by atoms with van der Waals surface area (Å²) in [6.45, 7) is -0.0904. The van der Waals surface area contributed by atoms with Crippen LogP contribution in [0, 0.1) is 5.82 Å². The number of amides is 4. The third kappa shape index (κ3) is 5.50. The summed E-state index contributed by atoms with van der Waals surface area (Å²) in [6.07, 6.45) is -5.80. The Morgan fingerprint density at radius 2 is 1.91 bits per heavy atom. The molecule has 0 bridgehead atoms. The second kappa shape index (κ2) is 9.24. The molecule has 35 heavy (non-hydrogen) atoms. The largest absolute Gasteiger partial charge is 0.573 e. The summed E-state index contributed by atoms with van der Waals surface area (Å²) >= 11 is 0. The highest BCUT2D eigenvalue weighted by atomic mass is 19.4. The number of hydrogen-bond donors (Lipinski definition) is 2. The predicted octanol–water partition coefficient (Wildman–Crippen LogP) is 3.23. The fourth-order valence-electron chi connectivity index (χ4n) is 3.78. The van der Waals surface area contributed by atoms with Crippen LogP contribution in [0.1, 0.15) is 34.3 Å². The molecule has 13 heteroatoms. The molecule has 2 aliphatic rings. The molecule has 1 fully saturated rings. The van der Waals surface area contributed by atoms with Gasteiger partial charge in [0.15, 0.2) is 11.6 Å². The van der Waals surface area contributed by atoms with Gasteiger partial charge in [-0.05, 0) is 35.7 Å². The summed E-state index contributed by atoms with van der Waals surface area (Å²) in [4.78, 5) is 49.7. The van der Waals surface area contributed by atoms with E-state index in [0.717, 1.165) is 6.07 Å². The second-order valence-electron chi connectivity index (χ2n) is 7.79. The normalized spacial score (nSPS) is 17.7. The number of carbonyl (C=O) groups excluding carboxylic acids is 4. The van der Waals surface area contributed by atoms with E-state index < -0.39 is 47.8 Å². The summed E-state index contributed by atoms with van der Waals surface area (Å²) in [5.74, 6) is -3.71. The Bertz CT molecular complexity index is 1220. The fraction of sp³-hybridized carbons (Fsp3) is 0.273. The monoisotopic (exact) mass is 495 g/mol. The van der Waals surface area contributed by atoms with Crippen LogP contribution in [0.3, 0.4) is 0 Å². The second-order valence-corrected chi connectivity index (χ2v) is 7.79. The van der Waals surface area contributed by atoms with E-state index in [0.29, 0.717) is 28.8 Å². The zero-order valence-corrected chi connectivity index (χ0v) is 17.8. The minimum atomic E-state index is -5.11. The highest BCUT2D eigenvalue weighted by Crippen LogP contribution is 2.30. The lowest BCUT2D eigenvalue weighted by atomic mass is 10.0. The molecule has 1 saturated heterocycles. The average Bonchev–Trinajstić information content (AvgIpc) is 3.09. The molecule has 0 aliphatic carbocycles. The zero-order valence-electron chi connectivity index (χ0n) is 17.8. The van der Waals surface area contributed by atoms with Crippen LogP contribution in [0.25, 0.3) is 0 Å². The van der Waals surface area contributed by atoms with Crippen molar-refractivity contribution in [3.8, 4) is 5.75 Å². The van der Waals surface area contributed by atoms with Crippen molar-refractivity contribution in [3.05, 3.63) is 58.9 Å². The number of nitrogens with one attached hydrogen (secondary N) is 2. The molecule has 184 valence electrons. The molecule has 0 spiro atoms. The highest BCUT2D eigenvalue weighted by molar-refractivity contribution is 6.05. The minimum Gasteiger partial charge on any atom is -0.444 e. The molecule has 0 saturated carbocycles. The average molecular weight is 495 g/mol. The van der Waals surface area contributed by atoms with E-state index in [2.05, 4.69) is 15.4 Å². The van der Waals surface area contributed by atoms with Gasteiger partial charge in [-0.1, -0.05) is 12.1 Å². The Morgan fingerprint density at radius 3 is 2.63 bits per heavy atom. The van der Waals surface area contributed by atoms with Crippen molar-refractivity contribution in [2.24, 2.45) is 0 Å². The lowest BCUT2D eigenvalue weighted by Gasteiger charge is -2.29. The Morgan fingerprint density at radius 1 is 1.14 bits per heavy atom. The SMILES string of the molecule is O=C1CCC(N2Cc3ccc(COC(=O)Nc4ccc(F)c(OC(F)(F)F)c4)cc3C2=O)C(=O)N1. The van der Waals surface area contributed by atoms with Gasteiger partial charge in [-0.15, -0.1) is 13.2 Å². The number of hydrogen-bond acceptors (Lipinski definition) is 6. The third-order valence-corrected chi connectivity index (χ3v) is 5.37. The van der Waals surface area contributed by atoms with E-state index in [-0.39, 0.29) is 31.7 Å². The first kappa shape index (κ1) is 24.0. The Hall–Kier alpha value is -4.16. The van der Waals surface area contributed by atoms with Gasteiger partial charge >= 0.3 is 12.5 Å². The predicted molar refractivity (Wildman–Crippen MR) is 109 cm³/mol. The molecule has 9 nitrogen and oxygen atoms in total. The van der Waals surface area contributed by atoms with E-state index in [9.17, 15) is 36.7 Å². The van der Waals surface area contributed by atoms with Crippen LogP contribution < -0.4 is 15.4 Å². The van der Waals surface area contributed by atoms with Crippen LogP contribution in [-0.2, 0) is 27.5 Å². The molecule has 0 radical (unpaired) electrons. The van der Waals surface area contributed by atoms with Gasteiger partial charge in [-0.25, -0.2) is 9.18 Å². The zero-order chi connectivity index (χ0) is 25.3. The summed E-state index contributed by atoms with van der Waals surface area (Å²) in [6, 6.07) is 6.37. The van der Waals surface area contributed by atoms with Crippen LogP contribution >= 0.6 is 0 Å². The Balaban J connectivity index is 1.37. The van der Waals surface area contributed by atoms with Gasteiger partial charge in [-0.2, -0.15) is 0 Å². The molecule has 2 aromatic rings. The molecule has 1 atom stereocenters. The number of ether oxygens (including phenoxy) is 2. The third-order valence-electron chi connectivity index (χ3n) is 5.37. The standard InChI is InChI=1S/C22H17F4N3O6/c23-15-4-3-13(8-17(15)35-22(24,25)26)27-21(33)34-10-11-1-2-12-9-29(20(32)14(12)7-11)16-5-6-18(30)28-19(16)31/h1-4,7-8,16H,5-6,9-10H2,(H,27,33)(H,28,30,31). The molecule has 0 aromatic heterocycles. The van der Waals surface area contributed by atoms with Gasteiger partial charge in [0.1, 0.15) is 12.6 Å². The molecule has 2 aromatic carbocycles. The molecule has 2 heterocycles. The summed E-state index contributed by atoms with van der Waals surface area (Å²) in [5, 5.41) is 4.38. The van der Waals surface area contributed by atoms with Crippen LogP contribution in [0.2, 0.25) is 0 Å². The lowest BCUT2D eigenvalue weighted by Crippen LogP contribution is -2.52. The molecule has 1 unspecified atom stereocenters. The molecule has 2 aliphatic heterocycles. The lowest BCUT2D eigenvalue weighted by molar-refractivity contribution is -0.275. The van der Waals surface area contributed by atoms with E-state index in [4.69, 9.17) is 4.74 Å². The number of piperidine rings is 1. The summed E-state index contributed by atoms with van der Waals surface area (Å²) < 4.78 is 59.1. The number of anilines is 1. The summed E-state index contributed by atoms with van der Waals surface area (Å²) in [5.41, 5.74) is 1.23. The smallest absolute Gasteiger partial charge is 0.444 e. The van der Waals surface area contributed by atoms with Crippen molar-refractivity contribution < 1.29 is 46.2 Å². The van der Waals surface area contributed by atoms with Gasteiger partial charge in [0, 0.05) is 30.3 Å². The maximum absolute atomic E-state index is 13.5. The first-order valence-corrected chi connectivity index (χ1v) is 10.3. The summed E-state index contributed by atoms with van der Waals surface area (Å²) in [7, 11) is 0. The first-order chi connectivity index (χ1) is 16.5. The van der Waals surface area contributed by atoms with Gasteiger partial charge < -0.3 is 14.4 Å². The van der Waals surface area contributed by atoms with Crippen molar-refractivity contribution in [1.29, 1.82) is 0 Å².